The molecule has 1 aliphatic heterocycles. The van der Waals surface area contributed by atoms with Crippen LogP contribution >= 0.6 is 0 Å². The molecule has 2 amide bonds. The van der Waals surface area contributed by atoms with E-state index in [1.165, 1.54) is 25.3 Å². The second-order valence-corrected chi connectivity index (χ2v) is 6.16. The number of carbonyl (C=O) groups excluding carboxylic acids is 1. The Hall–Kier alpha value is -1.58. The number of hydrogen-bond acceptors (Lipinski definition) is 1. The van der Waals surface area contributed by atoms with Gasteiger partial charge in [0.2, 0.25) is 0 Å². The first kappa shape index (κ1) is 14.4. The van der Waals surface area contributed by atoms with Gasteiger partial charge in [-0.1, -0.05) is 37.5 Å². The van der Waals surface area contributed by atoms with Gasteiger partial charge in [0.25, 0.3) is 0 Å². The zero-order chi connectivity index (χ0) is 14.7. The number of benzene rings is 1. The van der Waals surface area contributed by atoms with E-state index in [4.69, 9.17) is 0 Å². The SMILES string of the molecule is O=C(NC1CCCCC1)N1CCC[C@@H]1c1ccccc1F. The number of hydrogen-bond donors (Lipinski definition) is 1. The van der Waals surface area contributed by atoms with Crippen molar-refractivity contribution in [1.82, 2.24) is 10.2 Å². The smallest absolute Gasteiger partial charge is 0.318 e. The van der Waals surface area contributed by atoms with Crippen LogP contribution in [0.25, 0.3) is 0 Å². The van der Waals surface area contributed by atoms with E-state index in [1.807, 2.05) is 11.0 Å². The highest BCUT2D eigenvalue weighted by Crippen LogP contribution is 2.33. The molecule has 1 saturated heterocycles. The maximum absolute atomic E-state index is 14.0. The van der Waals surface area contributed by atoms with Crippen LogP contribution in [-0.4, -0.2) is 23.5 Å². The van der Waals surface area contributed by atoms with Crippen LogP contribution in [-0.2, 0) is 0 Å². The number of amides is 2. The van der Waals surface area contributed by atoms with Crippen LogP contribution in [0.4, 0.5) is 9.18 Å². The molecule has 1 heterocycles. The molecule has 0 unspecified atom stereocenters. The lowest BCUT2D eigenvalue weighted by Crippen LogP contribution is -2.45. The number of carbonyl (C=O) groups is 1. The molecule has 1 saturated carbocycles. The molecule has 1 aliphatic carbocycles. The molecule has 0 aromatic heterocycles. The van der Waals surface area contributed by atoms with Gasteiger partial charge in [0.1, 0.15) is 5.82 Å². The minimum absolute atomic E-state index is 0.0207. The summed E-state index contributed by atoms with van der Waals surface area (Å²) in [4.78, 5) is 14.3. The van der Waals surface area contributed by atoms with Crippen molar-refractivity contribution in [1.29, 1.82) is 0 Å². The van der Waals surface area contributed by atoms with Crippen LogP contribution in [0.3, 0.4) is 0 Å². The van der Waals surface area contributed by atoms with E-state index in [0.717, 1.165) is 32.2 Å². The van der Waals surface area contributed by atoms with Crippen molar-refractivity contribution in [2.75, 3.05) is 6.54 Å². The summed E-state index contributed by atoms with van der Waals surface area (Å²) in [5.74, 6) is -0.208. The molecule has 0 radical (unpaired) electrons. The van der Waals surface area contributed by atoms with Crippen LogP contribution in [0.1, 0.15) is 56.6 Å². The third-order valence-electron chi connectivity index (χ3n) is 4.71. The Kier molecular flexibility index (Phi) is 4.42. The molecule has 2 fully saturated rings. The molecule has 4 heteroatoms. The fourth-order valence-corrected chi connectivity index (χ4v) is 3.58. The maximum atomic E-state index is 14.0. The predicted octanol–water partition coefficient (Wildman–Crippen LogP) is 4.00. The summed E-state index contributed by atoms with van der Waals surface area (Å²) < 4.78 is 14.0. The normalized spacial score (nSPS) is 23.3. The van der Waals surface area contributed by atoms with Gasteiger partial charge in [-0.3, -0.25) is 0 Å². The Morgan fingerprint density at radius 2 is 1.86 bits per heavy atom. The highest BCUT2D eigenvalue weighted by molar-refractivity contribution is 5.75. The molecule has 114 valence electrons. The van der Waals surface area contributed by atoms with Crippen LogP contribution in [0.15, 0.2) is 24.3 Å². The first-order valence-electron chi connectivity index (χ1n) is 8.07. The molecule has 1 atom stereocenters. The van der Waals surface area contributed by atoms with Gasteiger partial charge in [0, 0.05) is 18.2 Å². The lowest BCUT2D eigenvalue weighted by atomic mass is 9.96. The van der Waals surface area contributed by atoms with Crippen molar-refractivity contribution in [3.63, 3.8) is 0 Å². The zero-order valence-corrected chi connectivity index (χ0v) is 12.4. The van der Waals surface area contributed by atoms with Crippen molar-refractivity contribution < 1.29 is 9.18 Å². The Morgan fingerprint density at radius 3 is 2.62 bits per heavy atom. The molecule has 1 aromatic rings. The third kappa shape index (κ3) is 3.20. The van der Waals surface area contributed by atoms with Crippen LogP contribution in [0.5, 0.6) is 0 Å². The average Bonchev–Trinajstić information content (AvgIpc) is 2.98. The molecule has 0 bridgehead atoms. The summed E-state index contributed by atoms with van der Waals surface area (Å²) in [6, 6.07) is 6.97. The Bertz CT molecular complexity index is 499. The monoisotopic (exact) mass is 290 g/mol. The highest BCUT2D eigenvalue weighted by atomic mass is 19.1. The number of rotatable bonds is 2. The van der Waals surface area contributed by atoms with Gasteiger partial charge >= 0.3 is 6.03 Å². The largest absolute Gasteiger partial charge is 0.335 e. The first-order chi connectivity index (χ1) is 10.3. The summed E-state index contributed by atoms with van der Waals surface area (Å²) in [6.45, 7) is 0.720. The van der Waals surface area contributed by atoms with E-state index in [1.54, 1.807) is 12.1 Å². The van der Waals surface area contributed by atoms with Crippen molar-refractivity contribution in [3.05, 3.63) is 35.6 Å². The van der Waals surface area contributed by atoms with Gasteiger partial charge in [-0.2, -0.15) is 0 Å². The van der Waals surface area contributed by atoms with Crippen LogP contribution in [0, 0.1) is 5.82 Å². The first-order valence-corrected chi connectivity index (χ1v) is 8.07. The van der Waals surface area contributed by atoms with E-state index in [2.05, 4.69) is 5.32 Å². The van der Waals surface area contributed by atoms with E-state index in [0.29, 0.717) is 11.6 Å². The van der Waals surface area contributed by atoms with Crippen molar-refractivity contribution in [3.8, 4) is 0 Å². The summed E-state index contributed by atoms with van der Waals surface area (Å²) in [6.07, 6.45) is 7.60. The Balaban J connectivity index is 1.68. The number of nitrogens with one attached hydrogen (secondary N) is 1. The quantitative estimate of drug-likeness (QED) is 0.877. The van der Waals surface area contributed by atoms with Gasteiger partial charge in [0.15, 0.2) is 0 Å². The van der Waals surface area contributed by atoms with E-state index >= 15 is 0 Å². The second-order valence-electron chi connectivity index (χ2n) is 6.16. The second kappa shape index (κ2) is 6.46. The lowest BCUT2D eigenvalue weighted by molar-refractivity contribution is 0.184. The van der Waals surface area contributed by atoms with E-state index in [-0.39, 0.29) is 17.9 Å². The number of likely N-dealkylation sites (tertiary alicyclic amines) is 1. The molecule has 1 aromatic carbocycles. The van der Waals surface area contributed by atoms with Crippen molar-refractivity contribution in [2.45, 2.75) is 57.0 Å². The molecule has 3 nitrogen and oxygen atoms in total. The molecule has 2 aliphatic rings. The summed E-state index contributed by atoms with van der Waals surface area (Å²) in [5, 5.41) is 3.14. The van der Waals surface area contributed by atoms with E-state index < -0.39 is 0 Å². The summed E-state index contributed by atoms with van der Waals surface area (Å²) >= 11 is 0. The number of nitrogens with zero attached hydrogens (tertiary/aromatic N) is 1. The molecule has 1 N–H and O–H groups in total. The molecular weight excluding hydrogens is 267 g/mol. The van der Waals surface area contributed by atoms with Gasteiger partial charge in [-0.05, 0) is 31.7 Å². The molecule has 21 heavy (non-hydrogen) atoms. The minimum Gasteiger partial charge on any atom is -0.335 e. The zero-order valence-electron chi connectivity index (χ0n) is 12.4. The van der Waals surface area contributed by atoms with Gasteiger partial charge in [-0.25, -0.2) is 9.18 Å². The van der Waals surface area contributed by atoms with Gasteiger partial charge < -0.3 is 10.2 Å². The topological polar surface area (TPSA) is 32.3 Å². The fraction of sp³-hybridized carbons (Fsp3) is 0.588. The standard InChI is InChI=1S/C17H23FN2O/c18-15-10-5-4-9-14(15)16-11-6-12-20(16)17(21)19-13-7-2-1-3-8-13/h4-5,9-10,13,16H,1-3,6-8,11-12H2,(H,19,21)/t16-/m1/s1. The van der Waals surface area contributed by atoms with Gasteiger partial charge in [-0.15, -0.1) is 0 Å². The maximum Gasteiger partial charge on any atom is 0.318 e. The third-order valence-corrected chi connectivity index (χ3v) is 4.71. The Labute approximate surface area is 125 Å². The van der Waals surface area contributed by atoms with Gasteiger partial charge in [0.05, 0.1) is 6.04 Å². The van der Waals surface area contributed by atoms with Crippen molar-refractivity contribution in [2.24, 2.45) is 0 Å². The summed E-state index contributed by atoms with van der Waals surface area (Å²) in [5.41, 5.74) is 0.647. The Morgan fingerprint density at radius 1 is 1.10 bits per heavy atom. The summed E-state index contributed by atoms with van der Waals surface area (Å²) in [7, 11) is 0. The fourth-order valence-electron chi connectivity index (χ4n) is 3.58. The average molecular weight is 290 g/mol. The molecule has 3 rings (SSSR count). The van der Waals surface area contributed by atoms with Crippen LogP contribution < -0.4 is 5.32 Å². The van der Waals surface area contributed by atoms with E-state index in [9.17, 15) is 9.18 Å². The number of halogens is 1. The van der Waals surface area contributed by atoms with Crippen molar-refractivity contribution >= 4 is 6.03 Å². The minimum atomic E-state index is -0.208. The number of urea groups is 1. The van der Waals surface area contributed by atoms with Crippen LogP contribution in [0.2, 0.25) is 0 Å². The molecule has 0 spiro atoms. The molecular formula is C17H23FN2O. The lowest BCUT2D eigenvalue weighted by Gasteiger charge is -2.29. The predicted molar refractivity (Wildman–Crippen MR) is 80.5 cm³/mol. The highest BCUT2D eigenvalue weighted by Gasteiger charge is 2.32.